The highest BCUT2D eigenvalue weighted by molar-refractivity contribution is 6.12. The molecule has 7 nitrogen and oxygen atoms in total. The first-order valence-corrected chi connectivity index (χ1v) is 9.61. The number of hydrogen-bond acceptors (Lipinski definition) is 6. The van der Waals surface area contributed by atoms with E-state index < -0.39 is 11.9 Å². The van der Waals surface area contributed by atoms with E-state index in [1.807, 2.05) is 6.07 Å². The van der Waals surface area contributed by atoms with Crippen LogP contribution in [0.3, 0.4) is 0 Å². The fourth-order valence-electron chi connectivity index (χ4n) is 3.45. The van der Waals surface area contributed by atoms with Crippen molar-refractivity contribution in [2.24, 2.45) is 0 Å². The maximum Gasteiger partial charge on any atom is 0.257 e. The number of hydrogen-bond donors (Lipinski definition) is 4. The van der Waals surface area contributed by atoms with E-state index in [0.29, 0.717) is 46.9 Å². The van der Waals surface area contributed by atoms with Crippen LogP contribution in [0.15, 0.2) is 42.5 Å². The predicted molar refractivity (Wildman–Crippen MR) is 114 cm³/mol. The van der Waals surface area contributed by atoms with Gasteiger partial charge >= 0.3 is 0 Å². The molecule has 1 aromatic heterocycles. The van der Waals surface area contributed by atoms with Gasteiger partial charge in [-0.2, -0.15) is 13.8 Å². The van der Waals surface area contributed by atoms with Crippen molar-refractivity contribution in [3.8, 4) is 5.75 Å². The van der Waals surface area contributed by atoms with Crippen LogP contribution in [0.5, 0.6) is 5.75 Å². The van der Waals surface area contributed by atoms with Gasteiger partial charge in [0, 0.05) is 36.2 Å². The molecule has 1 aliphatic heterocycles. The van der Waals surface area contributed by atoms with Crippen LogP contribution >= 0.6 is 0 Å². The van der Waals surface area contributed by atoms with Gasteiger partial charge in [-0.25, -0.2) is 0 Å². The Hall–Kier alpha value is -3.72. The molecule has 0 fully saturated rings. The quantitative estimate of drug-likeness (QED) is 0.438. The van der Waals surface area contributed by atoms with Crippen LogP contribution in [0.1, 0.15) is 22.3 Å². The maximum atomic E-state index is 13.4. The number of fused-ring (bicyclic) bond motifs is 2. The molecule has 160 valence electrons. The number of carbonyl (C=O) groups is 1. The Kier molecular flexibility index (Phi) is 5.68. The minimum atomic E-state index is -0.937. The molecule has 2 aromatic carbocycles. The molecular formula is C22H20F2N4O3. The first-order chi connectivity index (χ1) is 15.0. The molecule has 1 aliphatic rings. The number of aliphatic hydroxyl groups is 1. The number of aliphatic hydroxyl groups excluding tert-OH is 1. The number of benzene rings is 2. The maximum absolute atomic E-state index is 13.4. The van der Waals surface area contributed by atoms with Crippen LogP contribution in [0.2, 0.25) is 0 Å². The summed E-state index contributed by atoms with van der Waals surface area (Å²) in [4.78, 5) is 15.8. The van der Waals surface area contributed by atoms with E-state index in [9.17, 15) is 13.6 Å². The second kappa shape index (κ2) is 8.57. The summed E-state index contributed by atoms with van der Waals surface area (Å²) in [7, 11) is 1.55. The number of pyridine rings is 1. The lowest BCUT2D eigenvalue weighted by Crippen LogP contribution is -2.11. The van der Waals surface area contributed by atoms with E-state index in [1.165, 1.54) is 0 Å². The van der Waals surface area contributed by atoms with Gasteiger partial charge in [-0.3, -0.25) is 4.79 Å². The van der Waals surface area contributed by atoms with Gasteiger partial charge in [0.25, 0.3) is 5.91 Å². The molecule has 1 amide bonds. The largest absolute Gasteiger partial charge is 0.496 e. The molecule has 0 saturated heterocycles. The Bertz CT molecular complexity index is 1130. The molecule has 4 N–H and O–H groups in total. The standard InChI is InChI=1S/C22H20F2N4O3/c1-31-19-11-18-17(7-12(19)3-2-6-29)26-16-8-13(4-5-15(16)22(30)27-18)25-14-9-20(23)28-21(24)10-14/h4-5,7-11,26,29H,2-3,6H2,1H3,(H,25,28)(H,27,30). The Morgan fingerprint density at radius 1 is 1.00 bits per heavy atom. The smallest absolute Gasteiger partial charge is 0.257 e. The van der Waals surface area contributed by atoms with E-state index in [-0.39, 0.29) is 18.2 Å². The van der Waals surface area contributed by atoms with Gasteiger partial charge < -0.3 is 25.8 Å². The SMILES string of the molecule is COc1cc2c(cc1CCCO)Nc1cc(Nc3cc(F)nc(F)c3)ccc1C(=O)N2. The lowest BCUT2D eigenvalue weighted by Gasteiger charge is -2.15. The van der Waals surface area contributed by atoms with Crippen molar-refractivity contribution in [3.05, 3.63) is 65.5 Å². The third kappa shape index (κ3) is 4.41. The van der Waals surface area contributed by atoms with Crippen LogP contribution < -0.4 is 20.7 Å². The first-order valence-electron chi connectivity index (χ1n) is 9.61. The second-order valence-corrected chi connectivity index (χ2v) is 7.00. The minimum absolute atomic E-state index is 0.0540. The first kappa shape index (κ1) is 20.5. The zero-order valence-corrected chi connectivity index (χ0v) is 16.6. The van der Waals surface area contributed by atoms with Crippen molar-refractivity contribution in [2.45, 2.75) is 12.8 Å². The number of nitrogens with one attached hydrogen (secondary N) is 3. The van der Waals surface area contributed by atoms with Crippen LogP contribution in [0.4, 0.5) is 37.2 Å². The highest BCUT2D eigenvalue weighted by Crippen LogP contribution is 2.38. The number of halogens is 2. The zero-order chi connectivity index (χ0) is 22.0. The van der Waals surface area contributed by atoms with E-state index in [2.05, 4.69) is 20.9 Å². The van der Waals surface area contributed by atoms with Crippen molar-refractivity contribution in [3.63, 3.8) is 0 Å². The van der Waals surface area contributed by atoms with E-state index in [4.69, 9.17) is 9.84 Å². The number of rotatable bonds is 6. The van der Waals surface area contributed by atoms with E-state index >= 15 is 0 Å². The molecule has 0 saturated carbocycles. The van der Waals surface area contributed by atoms with Crippen molar-refractivity contribution < 1.29 is 23.4 Å². The lowest BCUT2D eigenvalue weighted by atomic mass is 10.1. The van der Waals surface area contributed by atoms with Crippen LogP contribution in [-0.2, 0) is 6.42 Å². The number of amides is 1. The van der Waals surface area contributed by atoms with Gasteiger partial charge in [0.15, 0.2) is 0 Å². The molecule has 9 heteroatoms. The predicted octanol–water partition coefficient (Wildman–Crippen LogP) is 4.35. The molecule has 31 heavy (non-hydrogen) atoms. The molecule has 0 spiro atoms. The van der Waals surface area contributed by atoms with Gasteiger partial charge in [-0.15, -0.1) is 0 Å². The van der Waals surface area contributed by atoms with Crippen LogP contribution in [0.25, 0.3) is 0 Å². The van der Waals surface area contributed by atoms with Gasteiger partial charge in [0.1, 0.15) is 5.75 Å². The Labute approximate surface area is 177 Å². The van der Waals surface area contributed by atoms with Crippen molar-refractivity contribution in [1.29, 1.82) is 0 Å². The third-order valence-electron chi connectivity index (χ3n) is 4.86. The van der Waals surface area contributed by atoms with Gasteiger partial charge in [-0.1, -0.05) is 0 Å². The molecule has 0 unspecified atom stereocenters. The molecule has 3 aromatic rings. The number of nitrogens with zero attached hydrogens (tertiary/aromatic N) is 1. The molecule has 0 bridgehead atoms. The number of ether oxygens (including phenoxy) is 1. The number of aryl methyl sites for hydroxylation is 1. The molecule has 0 atom stereocenters. The van der Waals surface area contributed by atoms with E-state index in [0.717, 1.165) is 17.7 Å². The van der Waals surface area contributed by atoms with Gasteiger partial charge in [-0.05, 0) is 42.7 Å². The number of aromatic nitrogens is 1. The number of carbonyl (C=O) groups excluding carboxylic acids is 1. The summed E-state index contributed by atoms with van der Waals surface area (Å²) in [6.45, 7) is 0.0540. The highest BCUT2D eigenvalue weighted by Gasteiger charge is 2.21. The van der Waals surface area contributed by atoms with Gasteiger partial charge in [0.2, 0.25) is 11.9 Å². The van der Waals surface area contributed by atoms with E-state index in [1.54, 1.807) is 31.4 Å². The fraction of sp³-hybridized carbons (Fsp3) is 0.182. The van der Waals surface area contributed by atoms with Crippen LogP contribution in [-0.4, -0.2) is 29.7 Å². The molecular weight excluding hydrogens is 406 g/mol. The molecule has 0 aliphatic carbocycles. The Morgan fingerprint density at radius 3 is 2.45 bits per heavy atom. The summed E-state index contributed by atoms with van der Waals surface area (Å²) >= 11 is 0. The Balaban J connectivity index is 1.69. The number of anilines is 5. The second-order valence-electron chi connectivity index (χ2n) is 7.00. The third-order valence-corrected chi connectivity index (χ3v) is 4.86. The normalized spacial score (nSPS) is 12.2. The summed E-state index contributed by atoms with van der Waals surface area (Å²) < 4.78 is 32.2. The summed E-state index contributed by atoms with van der Waals surface area (Å²) in [5, 5.41) is 18.2. The van der Waals surface area contributed by atoms with Gasteiger partial charge in [0.05, 0.1) is 29.7 Å². The number of methoxy groups -OCH3 is 1. The van der Waals surface area contributed by atoms with Crippen LogP contribution in [0, 0.1) is 11.9 Å². The summed E-state index contributed by atoms with van der Waals surface area (Å²) in [5.41, 5.74) is 3.76. The summed E-state index contributed by atoms with van der Waals surface area (Å²) in [5.74, 6) is -1.57. The monoisotopic (exact) mass is 426 g/mol. The fourth-order valence-corrected chi connectivity index (χ4v) is 3.45. The Morgan fingerprint density at radius 2 is 1.74 bits per heavy atom. The summed E-state index contributed by atoms with van der Waals surface area (Å²) in [6.07, 6.45) is 1.18. The minimum Gasteiger partial charge on any atom is -0.496 e. The summed E-state index contributed by atoms with van der Waals surface area (Å²) in [6, 6.07) is 10.7. The molecule has 4 rings (SSSR count). The van der Waals surface area contributed by atoms with Crippen molar-refractivity contribution in [2.75, 3.05) is 29.7 Å². The zero-order valence-electron chi connectivity index (χ0n) is 16.6. The van der Waals surface area contributed by atoms with Crippen molar-refractivity contribution in [1.82, 2.24) is 4.98 Å². The average Bonchev–Trinajstić information content (AvgIpc) is 2.85. The lowest BCUT2D eigenvalue weighted by molar-refractivity contribution is 0.102. The highest BCUT2D eigenvalue weighted by atomic mass is 19.1. The topological polar surface area (TPSA) is 95.5 Å². The average molecular weight is 426 g/mol. The van der Waals surface area contributed by atoms with Crippen molar-refractivity contribution >= 4 is 34.3 Å². The molecule has 0 radical (unpaired) electrons. The molecule has 2 heterocycles.